The number of aromatic nitrogens is 5. The van der Waals surface area contributed by atoms with Crippen molar-refractivity contribution < 1.29 is 9.15 Å². The number of H-pyrrole nitrogens is 1. The van der Waals surface area contributed by atoms with Gasteiger partial charge in [-0.15, -0.1) is 5.10 Å². The van der Waals surface area contributed by atoms with Gasteiger partial charge in [0.2, 0.25) is 0 Å². The Morgan fingerprint density at radius 2 is 2.11 bits per heavy atom. The van der Waals surface area contributed by atoms with Crippen LogP contribution in [0.1, 0.15) is 62.4 Å². The lowest BCUT2D eigenvalue weighted by molar-refractivity contribution is 0.0536. The van der Waals surface area contributed by atoms with Crippen LogP contribution >= 0.6 is 0 Å². The Kier molecular flexibility index (Phi) is 6.29. The van der Waals surface area contributed by atoms with Crippen molar-refractivity contribution in [3.63, 3.8) is 0 Å². The van der Waals surface area contributed by atoms with E-state index in [1.54, 1.807) is 6.26 Å². The van der Waals surface area contributed by atoms with Crippen LogP contribution in [0.25, 0.3) is 10.9 Å². The van der Waals surface area contributed by atoms with Crippen LogP contribution < -0.4 is 5.56 Å². The molecule has 1 fully saturated rings. The topological polar surface area (TPSA) is 102 Å². The number of hydrogen-bond donors (Lipinski definition) is 1. The largest absolute Gasteiger partial charge is 0.468 e. The molecule has 1 aromatic carbocycles. The van der Waals surface area contributed by atoms with Crippen LogP contribution in [-0.4, -0.2) is 49.3 Å². The summed E-state index contributed by atoms with van der Waals surface area (Å²) in [5.41, 5.74) is 1.98. The molecule has 3 aromatic heterocycles. The summed E-state index contributed by atoms with van der Waals surface area (Å²) >= 11 is 0. The summed E-state index contributed by atoms with van der Waals surface area (Å²) in [6.07, 6.45) is 3.73. The average Bonchev–Trinajstić information content (AvgIpc) is 3.57. The van der Waals surface area contributed by atoms with E-state index in [-0.39, 0.29) is 17.2 Å². The van der Waals surface area contributed by atoms with Gasteiger partial charge in [-0.1, -0.05) is 11.6 Å². The molecule has 0 radical (unpaired) electrons. The molecule has 0 bridgehead atoms. The van der Waals surface area contributed by atoms with Gasteiger partial charge in [0, 0.05) is 24.2 Å². The molecular weight excluding hydrogens is 444 g/mol. The number of tetrazole rings is 1. The lowest BCUT2D eigenvalue weighted by Crippen LogP contribution is -2.40. The molecule has 184 valence electrons. The van der Waals surface area contributed by atoms with Gasteiger partial charge < -0.3 is 14.1 Å². The number of nitrogens with one attached hydrogen (secondary N) is 1. The molecular formula is C26H32N6O3. The summed E-state index contributed by atoms with van der Waals surface area (Å²) in [5, 5.41) is 13.8. The van der Waals surface area contributed by atoms with Crippen molar-refractivity contribution in [3.05, 3.63) is 75.7 Å². The average molecular weight is 477 g/mol. The first kappa shape index (κ1) is 23.4. The zero-order chi connectivity index (χ0) is 24.6. The summed E-state index contributed by atoms with van der Waals surface area (Å²) in [4.78, 5) is 18.8. The molecule has 9 heteroatoms. The molecule has 1 aliphatic rings. The van der Waals surface area contributed by atoms with Gasteiger partial charge in [-0.3, -0.25) is 9.69 Å². The molecule has 35 heavy (non-hydrogen) atoms. The van der Waals surface area contributed by atoms with Crippen molar-refractivity contribution in [2.24, 2.45) is 0 Å². The maximum Gasteiger partial charge on any atom is 0.253 e. The molecule has 0 saturated carbocycles. The molecule has 0 spiro atoms. The Morgan fingerprint density at radius 1 is 1.26 bits per heavy atom. The second-order valence-electron chi connectivity index (χ2n) is 10.3. The van der Waals surface area contributed by atoms with Crippen LogP contribution in [-0.2, 0) is 16.8 Å². The lowest BCUT2D eigenvalue weighted by atomic mass is 10.0. The molecule has 5 rings (SSSR count). The van der Waals surface area contributed by atoms with E-state index in [2.05, 4.69) is 52.2 Å². The quantitative estimate of drug-likeness (QED) is 0.431. The predicted octanol–water partition coefficient (Wildman–Crippen LogP) is 3.94. The van der Waals surface area contributed by atoms with E-state index in [1.165, 1.54) is 0 Å². The van der Waals surface area contributed by atoms with E-state index in [0.717, 1.165) is 41.7 Å². The number of hydrogen-bond acceptors (Lipinski definition) is 7. The minimum Gasteiger partial charge on any atom is -0.468 e. The Labute approximate surface area is 204 Å². The van der Waals surface area contributed by atoms with Crippen molar-refractivity contribution >= 4 is 10.9 Å². The number of aryl methyl sites for hydroxylation is 1. The molecule has 1 saturated heterocycles. The fraction of sp³-hybridized carbons (Fsp3) is 0.462. The van der Waals surface area contributed by atoms with Crippen LogP contribution in [0, 0.1) is 6.92 Å². The number of ether oxygens (including phenoxy) is 1. The zero-order valence-electron chi connectivity index (χ0n) is 20.7. The fourth-order valence-corrected chi connectivity index (χ4v) is 4.80. The molecule has 1 aliphatic heterocycles. The monoisotopic (exact) mass is 476 g/mol. The highest BCUT2D eigenvalue weighted by Gasteiger charge is 2.35. The number of aromatic amines is 1. The number of rotatable bonds is 7. The van der Waals surface area contributed by atoms with Crippen LogP contribution in [0.2, 0.25) is 0 Å². The third kappa shape index (κ3) is 4.92. The summed E-state index contributed by atoms with van der Waals surface area (Å²) < 4.78 is 13.5. The molecule has 0 amide bonds. The molecule has 4 heterocycles. The van der Waals surface area contributed by atoms with E-state index in [4.69, 9.17) is 9.15 Å². The van der Waals surface area contributed by atoms with E-state index >= 15 is 0 Å². The fourth-order valence-electron chi connectivity index (χ4n) is 4.80. The first-order chi connectivity index (χ1) is 16.8. The summed E-state index contributed by atoms with van der Waals surface area (Å²) in [5.74, 6) is 1.41. The molecule has 0 unspecified atom stereocenters. The lowest BCUT2D eigenvalue weighted by Gasteiger charge is -2.33. The minimum absolute atomic E-state index is 0.0632. The predicted molar refractivity (Wildman–Crippen MR) is 132 cm³/mol. The van der Waals surface area contributed by atoms with Gasteiger partial charge in [-0.05, 0) is 86.7 Å². The summed E-state index contributed by atoms with van der Waals surface area (Å²) in [6.45, 7) is 10.0. The Balaban J connectivity index is 1.69. The van der Waals surface area contributed by atoms with Crippen molar-refractivity contribution in [3.8, 4) is 0 Å². The van der Waals surface area contributed by atoms with Crippen LogP contribution in [0.3, 0.4) is 0 Å². The van der Waals surface area contributed by atoms with Crippen LogP contribution in [0.15, 0.2) is 51.9 Å². The van der Waals surface area contributed by atoms with Gasteiger partial charge in [-0.2, -0.15) is 0 Å². The van der Waals surface area contributed by atoms with Crippen molar-refractivity contribution in [2.45, 2.75) is 64.8 Å². The Morgan fingerprint density at radius 3 is 2.83 bits per heavy atom. The second kappa shape index (κ2) is 9.39. The smallest absolute Gasteiger partial charge is 0.253 e. The van der Waals surface area contributed by atoms with E-state index in [0.29, 0.717) is 24.5 Å². The summed E-state index contributed by atoms with van der Waals surface area (Å²) in [6, 6.07) is 11.3. The molecule has 9 nitrogen and oxygen atoms in total. The number of pyridine rings is 1. The van der Waals surface area contributed by atoms with Gasteiger partial charge >= 0.3 is 0 Å². The third-order valence-corrected chi connectivity index (χ3v) is 6.46. The second-order valence-corrected chi connectivity index (χ2v) is 10.3. The van der Waals surface area contributed by atoms with Gasteiger partial charge in [0.1, 0.15) is 11.8 Å². The highest BCUT2D eigenvalue weighted by Crippen LogP contribution is 2.32. The van der Waals surface area contributed by atoms with Crippen LogP contribution in [0.5, 0.6) is 0 Å². The molecule has 2 atom stereocenters. The minimum atomic E-state index is -0.507. The zero-order valence-corrected chi connectivity index (χ0v) is 20.7. The number of furan rings is 1. The van der Waals surface area contributed by atoms with Crippen molar-refractivity contribution in [2.75, 3.05) is 13.2 Å². The third-order valence-electron chi connectivity index (χ3n) is 6.46. The molecule has 4 aromatic rings. The summed E-state index contributed by atoms with van der Waals surface area (Å²) in [7, 11) is 0. The standard InChI is InChI=1S/C26H32N6O3/c1-17-9-10-22-18(13-17)14-21(25(33)27-22)23(24-28-29-30-32(24)26(2,3)4)31(15-19-7-5-11-34-19)16-20-8-6-12-35-20/h5,7,9-11,13-14,20,23H,6,8,12,15-16H2,1-4H3,(H,27,33)/t20-,23-/m1/s1. The maximum absolute atomic E-state index is 13.5. The SMILES string of the molecule is Cc1ccc2[nH]c(=O)c([C@H](c3nnnn3C(C)(C)C)N(Cc3ccco3)C[C@H]3CCCO3)cc2c1. The first-order valence-electron chi connectivity index (χ1n) is 12.1. The number of nitrogens with zero attached hydrogens (tertiary/aromatic N) is 5. The molecule has 1 N–H and O–H groups in total. The van der Waals surface area contributed by atoms with Crippen molar-refractivity contribution in [1.29, 1.82) is 0 Å². The van der Waals surface area contributed by atoms with Gasteiger partial charge in [0.25, 0.3) is 5.56 Å². The van der Waals surface area contributed by atoms with E-state index in [1.807, 2.05) is 41.9 Å². The highest BCUT2D eigenvalue weighted by molar-refractivity contribution is 5.79. The first-order valence-corrected chi connectivity index (χ1v) is 12.1. The van der Waals surface area contributed by atoms with Gasteiger partial charge in [0.05, 0.1) is 24.5 Å². The normalized spacial score (nSPS) is 17.5. The van der Waals surface area contributed by atoms with Crippen molar-refractivity contribution in [1.82, 2.24) is 30.1 Å². The number of benzene rings is 1. The van der Waals surface area contributed by atoms with E-state index < -0.39 is 6.04 Å². The maximum atomic E-state index is 13.5. The number of fused-ring (bicyclic) bond motifs is 1. The Hall–Kier alpha value is -3.30. The van der Waals surface area contributed by atoms with Gasteiger partial charge in [-0.25, -0.2) is 4.68 Å². The van der Waals surface area contributed by atoms with Gasteiger partial charge in [0.15, 0.2) is 5.82 Å². The highest BCUT2D eigenvalue weighted by atomic mass is 16.5. The van der Waals surface area contributed by atoms with Crippen LogP contribution in [0.4, 0.5) is 0 Å². The molecule has 0 aliphatic carbocycles. The van der Waals surface area contributed by atoms with E-state index in [9.17, 15) is 4.79 Å². The Bertz CT molecular complexity index is 1350.